The van der Waals surface area contributed by atoms with E-state index in [1.807, 2.05) is 6.92 Å². The minimum absolute atomic E-state index is 0.0621. The third-order valence-electron chi connectivity index (χ3n) is 5.70. The van der Waals surface area contributed by atoms with Gasteiger partial charge in [-0.05, 0) is 67.4 Å². The monoisotopic (exact) mass is 496 g/mol. The third-order valence-corrected chi connectivity index (χ3v) is 5.93. The second kappa shape index (κ2) is 9.76. The predicted octanol–water partition coefficient (Wildman–Crippen LogP) is 5.93. The first kappa shape index (κ1) is 24.2. The first-order chi connectivity index (χ1) is 16.7. The maximum absolute atomic E-state index is 14.5. The second-order valence-corrected chi connectivity index (χ2v) is 8.59. The van der Waals surface area contributed by atoms with E-state index >= 15 is 0 Å². The Bertz CT molecular complexity index is 1340. The van der Waals surface area contributed by atoms with Crippen molar-refractivity contribution in [3.8, 4) is 11.5 Å². The molecule has 2 amide bonds. The van der Waals surface area contributed by atoms with Gasteiger partial charge < -0.3 is 14.7 Å². The summed E-state index contributed by atoms with van der Waals surface area (Å²) in [4.78, 5) is 23.8. The van der Waals surface area contributed by atoms with Gasteiger partial charge in [0.25, 0.3) is 5.91 Å². The van der Waals surface area contributed by atoms with Crippen LogP contribution in [0.5, 0.6) is 11.5 Å². The number of nitrogens with zero attached hydrogens (tertiary/aromatic N) is 1. The maximum Gasteiger partial charge on any atom is 0.415 e. The number of alkyl carbamates (subject to hydrolysis) is 1. The van der Waals surface area contributed by atoms with Crippen LogP contribution in [0.2, 0.25) is 5.02 Å². The van der Waals surface area contributed by atoms with Crippen molar-refractivity contribution in [3.05, 3.63) is 93.8 Å². The van der Waals surface area contributed by atoms with Crippen LogP contribution < -0.4 is 10.1 Å². The van der Waals surface area contributed by atoms with Gasteiger partial charge >= 0.3 is 6.09 Å². The Morgan fingerprint density at radius 3 is 2.63 bits per heavy atom. The number of oxime groups is 1. The Morgan fingerprint density at radius 1 is 1.17 bits per heavy atom. The van der Waals surface area contributed by atoms with E-state index in [9.17, 15) is 19.2 Å². The van der Waals surface area contributed by atoms with Gasteiger partial charge in [-0.25, -0.2) is 9.18 Å². The van der Waals surface area contributed by atoms with Gasteiger partial charge in [0.15, 0.2) is 0 Å². The lowest BCUT2D eigenvalue weighted by Crippen LogP contribution is -2.33. The largest absolute Gasteiger partial charge is 0.457 e. The van der Waals surface area contributed by atoms with Crippen molar-refractivity contribution < 1.29 is 28.7 Å². The number of ether oxygens (including phenoxy) is 2. The summed E-state index contributed by atoms with van der Waals surface area (Å²) in [5.41, 5.74) is 0.481. The number of aryl methyl sites for hydroxylation is 1. The van der Waals surface area contributed by atoms with Crippen molar-refractivity contribution in [2.45, 2.75) is 32.3 Å². The van der Waals surface area contributed by atoms with Crippen molar-refractivity contribution in [1.29, 1.82) is 0 Å². The van der Waals surface area contributed by atoms with E-state index < -0.39 is 23.4 Å². The lowest BCUT2D eigenvalue weighted by atomic mass is 9.95. The summed E-state index contributed by atoms with van der Waals surface area (Å²) in [6.45, 7) is 3.51. The Hall–Kier alpha value is -3.91. The van der Waals surface area contributed by atoms with Crippen LogP contribution in [-0.2, 0) is 21.6 Å². The van der Waals surface area contributed by atoms with Crippen LogP contribution in [-0.4, -0.2) is 22.9 Å². The predicted molar refractivity (Wildman–Crippen MR) is 128 cm³/mol. The second-order valence-electron chi connectivity index (χ2n) is 8.15. The molecule has 1 atom stereocenters. The van der Waals surface area contributed by atoms with Gasteiger partial charge in [0.2, 0.25) is 5.60 Å². The molecule has 3 aromatic rings. The molecule has 4 rings (SSSR count). The molecule has 0 aromatic heterocycles. The molecule has 0 spiro atoms. The number of cyclic esters (lactones) is 1. The molecule has 1 fully saturated rings. The molecule has 180 valence electrons. The highest BCUT2D eigenvalue weighted by Gasteiger charge is 2.46. The Morgan fingerprint density at radius 2 is 1.97 bits per heavy atom. The SMILES string of the molecule is CCCc1cc(/C(=N/O)c2ccc(Cl)cc2F)ccc1Oc1cccc([C@@]2(C)OC(=O)NC2=O)c1. The van der Waals surface area contributed by atoms with Gasteiger partial charge in [0.05, 0.1) is 0 Å². The molecule has 1 aliphatic heterocycles. The smallest absolute Gasteiger partial charge is 0.415 e. The van der Waals surface area contributed by atoms with Gasteiger partial charge in [0, 0.05) is 21.7 Å². The van der Waals surface area contributed by atoms with Crippen molar-refractivity contribution in [2.75, 3.05) is 0 Å². The lowest BCUT2D eigenvalue weighted by Gasteiger charge is -2.20. The molecule has 1 heterocycles. The fraction of sp³-hybridized carbons (Fsp3) is 0.192. The lowest BCUT2D eigenvalue weighted by molar-refractivity contribution is -0.130. The fourth-order valence-corrected chi connectivity index (χ4v) is 4.04. The van der Waals surface area contributed by atoms with E-state index in [1.54, 1.807) is 42.5 Å². The fourth-order valence-electron chi connectivity index (χ4n) is 3.88. The van der Waals surface area contributed by atoms with Crippen molar-refractivity contribution in [2.24, 2.45) is 5.16 Å². The third kappa shape index (κ3) is 4.83. The summed E-state index contributed by atoms with van der Waals surface area (Å²) in [6.07, 6.45) is 0.639. The number of amides is 2. The summed E-state index contributed by atoms with van der Waals surface area (Å²) in [5, 5.41) is 15.3. The number of carbonyl (C=O) groups excluding carboxylic acids is 2. The topological polar surface area (TPSA) is 97.2 Å². The first-order valence-corrected chi connectivity index (χ1v) is 11.3. The van der Waals surface area contributed by atoms with E-state index in [0.717, 1.165) is 18.1 Å². The van der Waals surface area contributed by atoms with Gasteiger partial charge in [-0.2, -0.15) is 0 Å². The zero-order valence-corrected chi connectivity index (χ0v) is 19.7. The number of nitrogens with one attached hydrogen (secondary N) is 1. The molecule has 35 heavy (non-hydrogen) atoms. The molecular formula is C26H22ClFN2O5. The molecule has 1 aliphatic rings. The van der Waals surface area contributed by atoms with Crippen molar-refractivity contribution in [3.63, 3.8) is 0 Å². The number of hydrogen-bond acceptors (Lipinski definition) is 6. The highest BCUT2D eigenvalue weighted by atomic mass is 35.5. The zero-order valence-electron chi connectivity index (χ0n) is 19.0. The van der Waals surface area contributed by atoms with Gasteiger partial charge in [-0.1, -0.05) is 42.2 Å². The Labute approximate surface area is 206 Å². The number of hydrogen-bond donors (Lipinski definition) is 2. The van der Waals surface area contributed by atoms with E-state index in [1.165, 1.54) is 19.1 Å². The van der Waals surface area contributed by atoms with Gasteiger partial charge in [0.1, 0.15) is 23.0 Å². The number of rotatable bonds is 7. The van der Waals surface area contributed by atoms with Crippen molar-refractivity contribution >= 4 is 29.3 Å². The van der Waals surface area contributed by atoms with Crippen LogP contribution in [0.4, 0.5) is 9.18 Å². The molecule has 2 N–H and O–H groups in total. The molecule has 0 unspecified atom stereocenters. The number of halogens is 2. The zero-order chi connectivity index (χ0) is 25.2. The summed E-state index contributed by atoms with van der Waals surface area (Å²) < 4.78 is 25.8. The summed E-state index contributed by atoms with van der Waals surface area (Å²) in [5.74, 6) is -0.186. The molecule has 9 heteroatoms. The standard InChI is InChI=1S/C26H22ClFN2O5/c1-3-5-15-12-16(23(30-33)20-10-9-18(27)14-21(20)28)8-11-22(15)34-19-7-4-6-17(13-19)26(2)24(31)29-25(32)35-26/h4,6-14,33H,3,5H2,1-2H3,(H,29,31,32)/b30-23-/t26-/m1/s1. The summed E-state index contributed by atoms with van der Waals surface area (Å²) in [6, 6.07) is 16.0. The van der Waals surface area contributed by atoms with Crippen LogP contribution in [0.1, 0.15) is 42.5 Å². The van der Waals surface area contributed by atoms with E-state index in [4.69, 9.17) is 21.1 Å². The quantitative estimate of drug-likeness (QED) is 0.240. The first-order valence-electron chi connectivity index (χ1n) is 10.9. The Kier molecular flexibility index (Phi) is 6.75. The normalized spacial score (nSPS) is 17.8. The van der Waals surface area contributed by atoms with Crippen LogP contribution >= 0.6 is 11.6 Å². The highest BCUT2D eigenvalue weighted by molar-refractivity contribution is 6.30. The highest BCUT2D eigenvalue weighted by Crippen LogP contribution is 2.34. The molecule has 0 bridgehead atoms. The number of imide groups is 1. The Balaban J connectivity index is 1.67. The maximum atomic E-state index is 14.5. The average molecular weight is 497 g/mol. The molecular weight excluding hydrogens is 475 g/mol. The van der Waals surface area contributed by atoms with Crippen LogP contribution in [0, 0.1) is 5.82 Å². The molecule has 0 saturated carbocycles. The van der Waals surface area contributed by atoms with Crippen LogP contribution in [0.25, 0.3) is 0 Å². The minimum Gasteiger partial charge on any atom is -0.457 e. The molecule has 3 aromatic carbocycles. The van der Waals surface area contributed by atoms with Crippen LogP contribution in [0.15, 0.2) is 65.8 Å². The molecule has 0 aliphatic carbocycles. The minimum atomic E-state index is -1.46. The van der Waals surface area contributed by atoms with E-state index in [0.29, 0.717) is 29.0 Å². The van der Waals surface area contributed by atoms with Crippen molar-refractivity contribution in [1.82, 2.24) is 5.32 Å². The number of benzene rings is 3. The molecule has 1 saturated heterocycles. The average Bonchev–Trinajstić information content (AvgIpc) is 3.09. The summed E-state index contributed by atoms with van der Waals surface area (Å²) >= 11 is 5.85. The van der Waals surface area contributed by atoms with E-state index in [2.05, 4.69) is 10.5 Å². The molecule has 0 radical (unpaired) electrons. The summed E-state index contributed by atoms with van der Waals surface area (Å²) in [7, 11) is 0. The van der Waals surface area contributed by atoms with E-state index in [-0.39, 0.29) is 16.3 Å². The van der Waals surface area contributed by atoms with Gasteiger partial charge in [-0.15, -0.1) is 0 Å². The number of carbonyl (C=O) groups is 2. The van der Waals surface area contributed by atoms with Crippen LogP contribution in [0.3, 0.4) is 0 Å². The van der Waals surface area contributed by atoms with Gasteiger partial charge in [-0.3, -0.25) is 10.1 Å². The molecule has 7 nitrogen and oxygen atoms in total.